The van der Waals surface area contributed by atoms with Crippen molar-refractivity contribution in [1.82, 2.24) is 19.4 Å². The van der Waals surface area contributed by atoms with Gasteiger partial charge in [-0.05, 0) is 48.4 Å². The van der Waals surface area contributed by atoms with Crippen LogP contribution in [0.5, 0.6) is 0 Å². The molecule has 1 aromatic heterocycles. The quantitative estimate of drug-likeness (QED) is 0.265. The van der Waals surface area contributed by atoms with E-state index in [2.05, 4.69) is 5.10 Å². The first-order valence-corrected chi connectivity index (χ1v) is 13.3. The van der Waals surface area contributed by atoms with E-state index in [0.29, 0.717) is 17.7 Å². The molecule has 3 atom stereocenters. The van der Waals surface area contributed by atoms with Gasteiger partial charge >= 0.3 is 25.8 Å². The molecule has 0 amide bonds. The maximum absolute atomic E-state index is 13.7. The van der Waals surface area contributed by atoms with Crippen LogP contribution in [0.3, 0.4) is 0 Å². The Balaban J connectivity index is 1.71. The van der Waals surface area contributed by atoms with Crippen LogP contribution in [0.1, 0.15) is 47.1 Å². The minimum atomic E-state index is -5.14. The lowest BCUT2D eigenvalue weighted by Gasteiger charge is -2.41. The fourth-order valence-electron chi connectivity index (χ4n) is 4.38. The van der Waals surface area contributed by atoms with Gasteiger partial charge in [0.1, 0.15) is 5.82 Å². The highest BCUT2D eigenvalue weighted by molar-refractivity contribution is 7.50. The number of ether oxygens (including phenoxy) is 2. The largest absolute Gasteiger partial charge is 0.439 e. The van der Waals surface area contributed by atoms with Crippen molar-refractivity contribution in [3.8, 4) is 0 Å². The lowest BCUT2D eigenvalue weighted by atomic mass is 10.0. The fraction of sp³-hybridized carbons (Fsp3) is 0.391. The third-order valence-electron chi connectivity index (χ3n) is 6.26. The fourth-order valence-corrected chi connectivity index (χ4v) is 5.07. The molecule has 3 aromatic rings. The molecule has 1 aliphatic rings. The third-order valence-corrected chi connectivity index (χ3v) is 7.20. The Labute approximate surface area is 226 Å². The Morgan fingerprint density at radius 3 is 2.22 bits per heavy atom. The van der Waals surface area contributed by atoms with Gasteiger partial charge in [-0.3, -0.25) is 4.90 Å². The van der Waals surface area contributed by atoms with Crippen LogP contribution in [-0.2, 0) is 32.9 Å². The van der Waals surface area contributed by atoms with E-state index in [1.165, 1.54) is 24.0 Å². The smallest absolute Gasteiger partial charge is 0.349 e. The lowest BCUT2D eigenvalue weighted by Crippen LogP contribution is -2.46. The minimum absolute atomic E-state index is 0.0131. The number of benzene rings is 2. The minimum Gasteiger partial charge on any atom is -0.349 e. The summed E-state index contributed by atoms with van der Waals surface area (Å²) in [6.07, 6.45) is -12.9. The molecular formula is C23H22F7N4O6P. The number of H-pyrrole nitrogens is 1. The van der Waals surface area contributed by atoms with E-state index >= 15 is 0 Å². The van der Waals surface area contributed by atoms with Gasteiger partial charge in [-0.15, -0.1) is 0 Å². The number of nitrogens with one attached hydrogen (secondary N) is 1. The van der Waals surface area contributed by atoms with E-state index in [4.69, 9.17) is 9.47 Å². The van der Waals surface area contributed by atoms with Crippen molar-refractivity contribution < 1.29 is 54.6 Å². The third kappa shape index (κ3) is 7.05. The number of alkyl halides is 6. The zero-order chi connectivity index (χ0) is 30.3. The Kier molecular flexibility index (Phi) is 8.51. The van der Waals surface area contributed by atoms with Gasteiger partial charge in [0.15, 0.2) is 12.1 Å². The van der Waals surface area contributed by atoms with Crippen LogP contribution in [0.15, 0.2) is 47.3 Å². The second-order valence-electron chi connectivity index (χ2n) is 9.09. The highest BCUT2D eigenvalue weighted by Crippen LogP contribution is 2.41. The molecule has 10 nitrogen and oxygen atoms in total. The predicted molar refractivity (Wildman–Crippen MR) is 126 cm³/mol. The van der Waals surface area contributed by atoms with Gasteiger partial charge in [0, 0.05) is 6.54 Å². The monoisotopic (exact) mass is 614 g/mol. The Morgan fingerprint density at radius 1 is 1.10 bits per heavy atom. The number of aromatic amines is 1. The lowest BCUT2D eigenvalue weighted by molar-refractivity contribution is -0.231. The summed E-state index contributed by atoms with van der Waals surface area (Å²) in [4.78, 5) is 32.6. The zero-order valence-corrected chi connectivity index (χ0v) is 21.8. The molecule has 3 unspecified atom stereocenters. The van der Waals surface area contributed by atoms with E-state index in [1.54, 1.807) is 0 Å². The van der Waals surface area contributed by atoms with Gasteiger partial charge in [-0.1, -0.05) is 12.1 Å². The Bertz CT molecular complexity index is 1450. The highest BCUT2D eigenvalue weighted by atomic mass is 31.2. The Morgan fingerprint density at radius 2 is 1.68 bits per heavy atom. The van der Waals surface area contributed by atoms with Crippen LogP contribution in [0.2, 0.25) is 0 Å². The van der Waals surface area contributed by atoms with Gasteiger partial charge in [-0.2, -0.15) is 35.8 Å². The second kappa shape index (κ2) is 11.3. The topological polar surface area (TPSA) is 130 Å². The van der Waals surface area contributed by atoms with Crippen molar-refractivity contribution in [3.63, 3.8) is 0 Å². The van der Waals surface area contributed by atoms with Gasteiger partial charge in [-0.25, -0.2) is 18.8 Å². The van der Waals surface area contributed by atoms with Gasteiger partial charge in [0.25, 0.3) is 0 Å². The molecule has 0 radical (unpaired) electrons. The van der Waals surface area contributed by atoms with Gasteiger partial charge < -0.3 is 19.3 Å². The summed E-state index contributed by atoms with van der Waals surface area (Å²) in [5, 5.41) is 5.59. The normalized spacial score (nSPS) is 19.9. The summed E-state index contributed by atoms with van der Waals surface area (Å²) < 4.78 is 118. The van der Waals surface area contributed by atoms with Crippen molar-refractivity contribution in [2.45, 2.75) is 44.3 Å². The molecule has 224 valence electrons. The van der Waals surface area contributed by atoms with E-state index < -0.39 is 66.7 Å². The second-order valence-corrected chi connectivity index (χ2v) is 10.5. The summed E-state index contributed by atoms with van der Waals surface area (Å²) in [6, 6.07) is 4.84. The molecule has 0 bridgehead atoms. The van der Waals surface area contributed by atoms with Crippen LogP contribution >= 0.6 is 7.75 Å². The van der Waals surface area contributed by atoms with Crippen molar-refractivity contribution in [1.29, 1.82) is 0 Å². The van der Waals surface area contributed by atoms with E-state index in [1.807, 2.05) is 5.10 Å². The number of hydrogen-bond donors (Lipinski definition) is 3. The molecule has 41 heavy (non-hydrogen) atoms. The molecule has 0 spiro atoms. The van der Waals surface area contributed by atoms with E-state index in [0.717, 1.165) is 12.1 Å². The molecule has 1 aliphatic heterocycles. The van der Waals surface area contributed by atoms with Gasteiger partial charge in [0.2, 0.25) is 0 Å². The molecule has 0 aliphatic carbocycles. The molecular weight excluding hydrogens is 592 g/mol. The first-order valence-electron chi connectivity index (χ1n) is 11.7. The number of halogens is 7. The molecule has 2 heterocycles. The maximum Gasteiger partial charge on any atom is 0.439 e. The molecule has 2 aromatic carbocycles. The number of morpholine rings is 1. The molecule has 3 N–H and O–H groups in total. The van der Waals surface area contributed by atoms with Crippen molar-refractivity contribution in [3.05, 3.63) is 86.8 Å². The van der Waals surface area contributed by atoms with Crippen molar-refractivity contribution in [2.24, 2.45) is 0 Å². The highest BCUT2D eigenvalue weighted by Gasteiger charge is 2.40. The van der Waals surface area contributed by atoms with Crippen LogP contribution in [-0.4, -0.2) is 48.7 Å². The van der Waals surface area contributed by atoms with Gasteiger partial charge in [0.05, 0.1) is 36.4 Å². The summed E-state index contributed by atoms with van der Waals surface area (Å²) >= 11 is 0. The first-order chi connectivity index (χ1) is 18.9. The number of nitrogens with zero attached hydrogens (tertiary/aromatic N) is 3. The summed E-state index contributed by atoms with van der Waals surface area (Å²) in [7, 11) is -5.14. The number of hydrogen-bond acceptors (Lipinski definition) is 6. The molecule has 0 saturated carbocycles. The van der Waals surface area contributed by atoms with Crippen LogP contribution in [0.4, 0.5) is 30.7 Å². The molecule has 1 saturated heterocycles. The molecule has 18 heteroatoms. The van der Waals surface area contributed by atoms with Crippen molar-refractivity contribution >= 4 is 7.75 Å². The van der Waals surface area contributed by atoms with E-state index in [-0.39, 0.29) is 35.9 Å². The Hall–Kier alpha value is -3.08. The molecule has 4 rings (SSSR count). The average Bonchev–Trinajstić information content (AvgIpc) is 3.24. The SMILES string of the molecule is CC(OC1OCCN(Cc2n[nH]c(=O)n2P(=O)(O)O)C1c1ccc(F)cc1)c1cc(C(F)(F)F)cc(C(F)(F)F)c1. The summed E-state index contributed by atoms with van der Waals surface area (Å²) in [6.45, 7) is 0.792. The predicted octanol–water partition coefficient (Wildman–Crippen LogP) is 4.37. The van der Waals surface area contributed by atoms with Crippen LogP contribution in [0, 0.1) is 5.82 Å². The van der Waals surface area contributed by atoms with E-state index in [9.17, 15) is 49.9 Å². The van der Waals surface area contributed by atoms with Crippen molar-refractivity contribution in [2.75, 3.05) is 13.2 Å². The number of aromatic nitrogens is 3. The maximum atomic E-state index is 13.7. The first kappa shape index (κ1) is 30.9. The summed E-state index contributed by atoms with van der Waals surface area (Å²) in [5.41, 5.74) is -4.38. The standard InChI is InChI=1S/C23H22F7N4O6P/c1-12(14-8-15(22(25,26)27)10-16(9-14)23(28,29)30)40-20-19(13-2-4-17(24)5-3-13)33(6-7-39-20)11-18-31-32-21(35)34(18)41(36,37)38/h2-5,8-10,12,19-20H,6-7,11H2,1H3,(H,32,35)(H2,36,37,38). The average molecular weight is 614 g/mol. The molecule has 1 fully saturated rings. The van der Waals surface area contributed by atoms with Crippen LogP contribution in [0.25, 0.3) is 0 Å². The summed E-state index contributed by atoms with van der Waals surface area (Å²) in [5.74, 6) is -0.994. The zero-order valence-electron chi connectivity index (χ0n) is 20.9. The number of rotatable bonds is 7. The van der Waals surface area contributed by atoms with Crippen LogP contribution < -0.4 is 5.69 Å².